The van der Waals surface area contributed by atoms with Crippen molar-refractivity contribution < 1.29 is 14.7 Å². The van der Waals surface area contributed by atoms with Crippen LogP contribution in [0.25, 0.3) is 11.3 Å². The molecule has 0 radical (unpaired) electrons. The lowest BCUT2D eigenvalue weighted by molar-refractivity contribution is -0.117. The molecule has 0 spiro atoms. The summed E-state index contributed by atoms with van der Waals surface area (Å²) in [6, 6.07) is 13.8. The van der Waals surface area contributed by atoms with Crippen molar-refractivity contribution >= 4 is 29.2 Å². The Morgan fingerprint density at radius 2 is 1.82 bits per heavy atom. The number of anilines is 1. The summed E-state index contributed by atoms with van der Waals surface area (Å²) in [4.78, 5) is 25.3. The van der Waals surface area contributed by atoms with Crippen molar-refractivity contribution in [3.05, 3.63) is 64.8 Å². The number of carbonyl (C=O) groups excluding carboxylic acids is 2. The van der Waals surface area contributed by atoms with Gasteiger partial charge in [0, 0.05) is 34.7 Å². The molecule has 2 fully saturated rings. The topological polar surface area (TPSA) is 96.2 Å². The monoisotopic (exact) mass is 478 g/mol. The molecule has 0 bridgehead atoms. The summed E-state index contributed by atoms with van der Waals surface area (Å²) in [7, 11) is 0. The summed E-state index contributed by atoms with van der Waals surface area (Å²) in [6.45, 7) is 0.283. The minimum absolute atomic E-state index is 0.00670. The Kier molecular flexibility index (Phi) is 6.28. The molecule has 0 atom stereocenters. The molecule has 176 valence electrons. The van der Waals surface area contributed by atoms with Crippen LogP contribution in [-0.4, -0.2) is 26.8 Å². The Morgan fingerprint density at radius 1 is 1.06 bits per heavy atom. The van der Waals surface area contributed by atoms with Crippen LogP contribution < -0.4 is 10.6 Å². The standard InChI is InChI=1S/C26H27ClN4O3/c27-21-8-4-3-7-18(21)15-28-26(34)31-23(16-5-1-2-6-16)14-22(30-31)20-13-19(11-12-24(20)32)29-25(33)17-9-10-17/h3-4,7-8,11-14,16-17,32H,1-2,5-6,9-10,15H2,(H,28,34)(H,29,33). The molecule has 3 N–H and O–H groups in total. The van der Waals surface area contributed by atoms with Crippen molar-refractivity contribution in [1.82, 2.24) is 15.1 Å². The molecule has 3 aromatic rings. The van der Waals surface area contributed by atoms with Gasteiger partial charge in [-0.05, 0) is 61.6 Å². The molecule has 2 aromatic carbocycles. The summed E-state index contributed by atoms with van der Waals surface area (Å²) in [5, 5.41) is 21.6. The van der Waals surface area contributed by atoms with E-state index in [2.05, 4.69) is 15.7 Å². The van der Waals surface area contributed by atoms with Crippen LogP contribution in [0.4, 0.5) is 10.5 Å². The van der Waals surface area contributed by atoms with Gasteiger partial charge in [-0.1, -0.05) is 42.6 Å². The Morgan fingerprint density at radius 3 is 2.56 bits per heavy atom. The van der Waals surface area contributed by atoms with Crippen molar-refractivity contribution in [3.63, 3.8) is 0 Å². The van der Waals surface area contributed by atoms with E-state index in [4.69, 9.17) is 11.6 Å². The lowest BCUT2D eigenvalue weighted by Crippen LogP contribution is -2.30. The first-order valence-corrected chi connectivity index (χ1v) is 12.1. The normalized spacial score (nSPS) is 15.9. The van der Waals surface area contributed by atoms with Gasteiger partial charge in [-0.2, -0.15) is 9.78 Å². The number of phenols is 1. The number of benzene rings is 2. The number of aromatic nitrogens is 2. The molecule has 1 aromatic heterocycles. The number of amides is 2. The van der Waals surface area contributed by atoms with Gasteiger partial charge in [-0.3, -0.25) is 4.79 Å². The highest BCUT2D eigenvalue weighted by Gasteiger charge is 2.30. The zero-order chi connectivity index (χ0) is 23.7. The van der Waals surface area contributed by atoms with E-state index < -0.39 is 0 Å². The van der Waals surface area contributed by atoms with Gasteiger partial charge < -0.3 is 15.7 Å². The molecule has 1 heterocycles. The highest BCUT2D eigenvalue weighted by Crippen LogP contribution is 2.38. The van der Waals surface area contributed by atoms with Crippen LogP contribution in [0.3, 0.4) is 0 Å². The van der Waals surface area contributed by atoms with Crippen molar-refractivity contribution in [1.29, 1.82) is 0 Å². The van der Waals surface area contributed by atoms with Crippen molar-refractivity contribution in [2.24, 2.45) is 5.92 Å². The first kappa shape index (κ1) is 22.5. The summed E-state index contributed by atoms with van der Waals surface area (Å²) in [6.07, 6.45) is 6.03. The third-order valence-corrected chi connectivity index (χ3v) is 6.95. The number of hydrogen-bond donors (Lipinski definition) is 3. The Hall–Kier alpha value is -3.32. The van der Waals surface area contributed by atoms with E-state index in [0.717, 1.165) is 49.8 Å². The quantitative estimate of drug-likeness (QED) is 0.397. The van der Waals surface area contributed by atoms with Gasteiger partial charge >= 0.3 is 6.03 Å². The zero-order valence-electron chi connectivity index (χ0n) is 18.8. The Balaban J connectivity index is 1.43. The molecule has 34 heavy (non-hydrogen) atoms. The molecule has 7 nitrogen and oxygen atoms in total. The smallest absolute Gasteiger partial charge is 0.342 e. The van der Waals surface area contributed by atoms with Crippen LogP contribution in [0.1, 0.15) is 55.7 Å². The Bertz CT molecular complexity index is 1230. The molecular formula is C26H27ClN4O3. The largest absolute Gasteiger partial charge is 0.507 e. The second kappa shape index (κ2) is 9.50. The molecule has 8 heteroatoms. The molecule has 0 saturated heterocycles. The van der Waals surface area contributed by atoms with Crippen molar-refractivity contribution in [3.8, 4) is 17.0 Å². The third kappa shape index (κ3) is 4.80. The van der Waals surface area contributed by atoms with Gasteiger partial charge in [0.15, 0.2) is 0 Å². The maximum Gasteiger partial charge on any atom is 0.342 e. The molecule has 0 unspecified atom stereocenters. The summed E-state index contributed by atoms with van der Waals surface area (Å²) in [5.74, 6) is 0.343. The fraction of sp³-hybridized carbons (Fsp3) is 0.346. The first-order chi connectivity index (χ1) is 16.5. The van der Waals surface area contributed by atoms with Crippen molar-refractivity contribution in [2.75, 3.05) is 5.32 Å². The molecule has 2 aliphatic rings. The second-order valence-electron chi connectivity index (χ2n) is 9.09. The fourth-order valence-corrected chi connectivity index (χ4v) is 4.70. The molecule has 2 saturated carbocycles. The highest BCUT2D eigenvalue weighted by molar-refractivity contribution is 6.31. The zero-order valence-corrected chi connectivity index (χ0v) is 19.5. The number of hydrogen-bond acceptors (Lipinski definition) is 4. The lowest BCUT2D eigenvalue weighted by atomic mass is 10.0. The van der Waals surface area contributed by atoms with Crippen LogP contribution in [-0.2, 0) is 11.3 Å². The SMILES string of the molecule is O=C(Nc1ccc(O)c(-c2cc(C3CCCC3)n(C(=O)NCc3ccccc3Cl)n2)c1)C1CC1. The molecule has 5 rings (SSSR count). The van der Waals surface area contributed by atoms with Gasteiger partial charge in [0.25, 0.3) is 0 Å². The summed E-state index contributed by atoms with van der Waals surface area (Å²) < 4.78 is 1.41. The van der Waals surface area contributed by atoms with Crippen LogP contribution in [0, 0.1) is 5.92 Å². The molecule has 2 amide bonds. The van der Waals surface area contributed by atoms with Crippen LogP contribution >= 0.6 is 11.6 Å². The Labute approximate surface area is 203 Å². The van der Waals surface area contributed by atoms with Crippen LogP contribution in [0.15, 0.2) is 48.5 Å². The van der Waals surface area contributed by atoms with E-state index >= 15 is 0 Å². The number of nitrogens with one attached hydrogen (secondary N) is 2. The summed E-state index contributed by atoms with van der Waals surface area (Å²) >= 11 is 6.23. The average molecular weight is 479 g/mol. The van der Waals surface area contributed by atoms with E-state index in [-0.39, 0.29) is 36.1 Å². The predicted molar refractivity (Wildman–Crippen MR) is 131 cm³/mol. The number of halogens is 1. The second-order valence-corrected chi connectivity index (χ2v) is 9.50. The maximum atomic E-state index is 13.2. The number of phenolic OH excluding ortho intramolecular Hbond substituents is 1. The minimum atomic E-state index is -0.342. The van der Waals surface area contributed by atoms with E-state index in [1.54, 1.807) is 24.3 Å². The number of aromatic hydroxyl groups is 1. The molecule has 2 aliphatic carbocycles. The minimum Gasteiger partial charge on any atom is -0.507 e. The van der Waals surface area contributed by atoms with E-state index in [1.807, 2.05) is 24.3 Å². The van der Waals surface area contributed by atoms with E-state index in [9.17, 15) is 14.7 Å². The van der Waals surface area contributed by atoms with E-state index in [0.29, 0.717) is 22.0 Å². The van der Waals surface area contributed by atoms with Crippen LogP contribution in [0.2, 0.25) is 5.02 Å². The maximum absolute atomic E-state index is 13.2. The number of rotatable bonds is 6. The number of carbonyl (C=O) groups is 2. The van der Waals surface area contributed by atoms with Gasteiger partial charge in [-0.15, -0.1) is 0 Å². The van der Waals surface area contributed by atoms with Crippen LogP contribution in [0.5, 0.6) is 5.75 Å². The predicted octanol–water partition coefficient (Wildman–Crippen LogP) is 5.67. The average Bonchev–Trinajstić information content (AvgIpc) is 3.36. The van der Waals surface area contributed by atoms with Gasteiger partial charge in [0.05, 0.1) is 11.4 Å². The van der Waals surface area contributed by atoms with Gasteiger partial charge in [0.1, 0.15) is 5.75 Å². The lowest BCUT2D eigenvalue weighted by Gasteiger charge is -2.12. The van der Waals surface area contributed by atoms with E-state index in [1.165, 1.54) is 4.68 Å². The third-order valence-electron chi connectivity index (χ3n) is 6.58. The first-order valence-electron chi connectivity index (χ1n) is 11.8. The van der Waals surface area contributed by atoms with Crippen molar-refractivity contribution in [2.45, 2.75) is 51.0 Å². The van der Waals surface area contributed by atoms with Gasteiger partial charge in [-0.25, -0.2) is 4.79 Å². The summed E-state index contributed by atoms with van der Waals surface area (Å²) in [5.41, 5.74) is 3.23. The molecule has 0 aliphatic heterocycles. The highest BCUT2D eigenvalue weighted by atomic mass is 35.5. The molecular weight excluding hydrogens is 452 g/mol. The van der Waals surface area contributed by atoms with Gasteiger partial charge in [0.2, 0.25) is 5.91 Å². The fourth-order valence-electron chi connectivity index (χ4n) is 4.50. The number of nitrogens with zero attached hydrogens (tertiary/aromatic N) is 2.